The number of phenolic OH excluding ortho intramolecular Hbond substituents is 1. The third kappa shape index (κ3) is 1.96. The number of phenols is 1. The summed E-state index contributed by atoms with van der Waals surface area (Å²) >= 11 is 1.51. The van der Waals surface area contributed by atoms with E-state index >= 15 is 0 Å². The lowest BCUT2D eigenvalue weighted by atomic mass is 10.1. The first kappa shape index (κ1) is 12.3. The lowest BCUT2D eigenvalue weighted by Gasteiger charge is -1.98. The van der Waals surface area contributed by atoms with E-state index in [4.69, 9.17) is 0 Å². The average molecular weight is 295 g/mol. The maximum atomic E-state index is 13.3. The number of hydrogen-bond acceptors (Lipinski definition) is 3. The topological polar surface area (TPSA) is 33.1 Å². The Morgan fingerprint density at radius 2 is 1.86 bits per heavy atom. The molecule has 0 atom stereocenters. The largest absolute Gasteiger partial charge is 0.507 e. The highest BCUT2D eigenvalue weighted by Gasteiger charge is 2.12. The Morgan fingerprint density at radius 1 is 1.00 bits per heavy atom. The summed E-state index contributed by atoms with van der Waals surface area (Å²) in [6, 6.07) is 15.7. The summed E-state index contributed by atoms with van der Waals surface area (Å²) in [4.78, 5) is 4.58. The van der Waals surface area contributed by atoms with Crippen molar-refractivity contribution in [3.8, 4) is 16.3 Å². The van der Waals surface area contributed by atoms with Crippen molar-refractivity contribution in [2.75, 3.05) is 0 Å². The number of thiazole rings is 1. The van der Waals surface area contributed by atoms with Crippen LogP contribution in [0.25, 0.3) is 31.6 Å². The van der Waals surface area contributed by atoms with Gasteiger partial charge in [-0.15, -0.1) is 11.3 Å². The Balaban J connectivity index is 2.02. The normalized spacial score (nSPS) is 11.3. The maximum absolute atomic E-state index is 13.3. The van der Waals surface area contributed by atoms with Gasteiger partial charge in [0.15, 0.2) is 0 Å². The number of aromatic hydroxyl groups is 1. The summed E-state index contributed by atoms with van der Waals surface area (Å²) in [7, 11) is 0. The second-order valence-electron chi connectivity index (χ2n) is 4.82. The molecular formula is C17H10FNOS. The van der Waals surface area contributed by atoms with Crippen molar-refractivity contribution in [1.82, 2.24) is 4.98 Å². The van der Waals surface area contributed by atoms with Gasteiger partial charge in [0.25, 0.3) is 0 Å². The van der Waals surface area contributed by atoms with Crippen molar-refractivity contribution < 1.29 is 9.50 Å². The molecule has 2 nitrogen and oxygen atoms in total. The molecule has 0 saturated carbocycles. The van der Waals surface area contributed by atoms with Crippen LogP contribution in [0.15, 0.2) is 54.6 Å². The molecule has 4 aromatic rings. The second-order valence-corrected chi connectivity index (χ2v) is 5.81. The molecule has 0 aliphatic rings. The number of aromatic nitrogens is 1. The van der Waals surface area contributed by atoms with E-state index in [0.29, 0.717) is 5.56 Å². The molecule has 1 aromatic heterocycles. The van der Waals surface area contributed by atoms with E-state index in [1.54, 1.807) is 18.2 Å². The van der Waals surface area contributed by atoms with Crippen LogP contribution in [0, 0.1) is 5.82 Å². The molecule has 4 rings (SSSR count). The fourth-order valence-corrected chi connectivity index (χ4v) is 3.59. The molecule has 3 aromatic carbocycles. The summed E-state index contributed by atoms with van der Waals surface area (Å²) in [6.45, 7) is 0. The first-order valence-electron chi connectivity index (χ1n) is 6.49. The number of halogens is 1. The van der Waals surface area contributed by atoms with E-state index in [-0.39, 0.29) is 11.6 Å². The number of hydrogen-bond donors (Lipinski definition) is 1. The van der Waals surface area contributed by atoms with Crippen LogP contribution in [-0.2, 0) is 0 Å². The molecule has 0 aliphatic carbocycles. The molecule has 0 aliphatic heterocycles. The number of benzene rings is 3. The maximum Gasteiger partial charge on any atom is 0.128 e. The molecule has 0 fully saturated rings. The van der Waals surface area contributed by atoms with E-state index in [2.05, 4.69) is 4.98 Å². The van der Waals surface area contributed by atoms with Gasteiger partial charge in [0, 0.05) is 5.39 Å². The number of para-hydroxylation sites is 1. The predicted octanol–water partition coefficient (Wildman–Crippen LogP) is 4.96. The van der Waals surface area contributed by atoms with Gasteiger partial charge < -0.3 is 5.11 Å². The fraction of sp³-hybridized carbons (Fsp3) is 0. The van der Waals surface area contributed by atoms with E-state index in [1.807, 2.05) is 24.3 Å². The van der Waals surface area contributed by atoms with Crippen LogP contribution in [0.1, 0.15) is 0 Å². The molecule has 21 heavy (non-hydrogen) atoms. The summed E-state index contributed by atoms with van der Waals surface area (Å²) in [5.74, 6) is -0.0285. The van der Waals surface area contributed by atoms with Gasteiger partial charge in [0.2, 0.25) is 0 Å². The van der Waals surface area contributed by atoms with Crippen LogP contribution in [0.5, 0.6) is 5.75 Å². The Hall–Kier alpha value is -2.46. The standard InChI is InChI=1S/C17H10FNOS/c18-11-6-7-12-10(9-11)5-8-14-16(12)21-17(19-14)13-3-1-2-4-15(13)20/h1-9,20H. The van der Waals surface area contributed by atoms with Gasteiger partial charge in [-0.2, -0.15) is 0 Å². The van der Waals surface area contributed by atoms with Crippen LogP contribution in [0.4, 0.5) is 4.39 Å². The number of nitrogens with zero attached hydrogens (tertiary/aromatic N) is 1. The lowest BCUT2D eigenvalue weighted by Crippen LogP contribution is -1.77. The minimum atomic E-state index is -0.243. The third-order valence-electron chi connectivity index (χ3n) is 3.47. The molecule has 0 spiro atoms. The molecule has 1 N–H and O–H groups in total. The minimum Gasteiger partial charge on any atom is -0.507 e. The highest BCUT2D eigenvalue weighted by atomic mass is 32.1. The van der Waals surface area contributed by atoms with Crippen molar-refractivity contribution in [3.05, 3.63) is 60.4 Å². The zero-order valence-corrected chi connectivity index (χ0v) is 11.7. The Labute approximate surface area is 124 Å². The number of rotatable bonds is 1. The Morgan fingerprint density at radius 3 is 2.71 bits per heavy atom. The average Bonchev–Trinajstić information content (AvgIpc) is 2.91. The minimum absolute atomic E-state index is 0.215. The van der Waals surface area contributed by atoms with E-state index in [0.717, 1.165) is 26.0 Å². The molecule has 0 amide bonds. The predicted molar refractivity (Wildman–Crippen MR) is 84.2 cm³/mol. The van der Waals surface area contributed by atoms with E-state index in [9.17, 15) is 9.50 Å². The molecule has 1 heterocycles. The zero-order valence-electron chi connectivity index (χ0n) is 10.9. The fourth-order valence-electron chi connectivity index (χ4n) is 2.45. The van der Waals surface area contributed by atoms with Crippen molar-refractivity contribution in [2.24, 2.45) is 0 Å². The highest BCUT2D eigenvalue weighted by Crippen LogP contribution is 2.38. The van der Waals surface area contributed by atoms with Crippen LogP contribution >= 0.6 is 11.3 Å². The van der Waals surface area contributed by atoms with Gasteiger partial charge in [0.1, 0.15) is 16.6 Å². The monoisotopic (exact) mass is 295 g/mol. The summed E-state index contributed by atoms with van der Waals surface area (Å²) < 4.78 is 14.3. The zero-order chi connectivity index (χ0) is 14.4. The first-order chi connectivity index (χ1) is 10.2. The van der Waals surface area contributed by atoms with Gasteiger partial charge in [-0.05, 0) is 41.8 Å². The quantitative estimate of drug-likeness (QED) is 0.538. The smallest absolute Gasteiger partial charge is 0.128 e. The molecule has 0 saturated heterocycles. The highest BCUT2D eigenvalue weighted by molar-refractivity contribution is 7.22. The van der Waals surface area contributed by atoms with Gasteiger partial charge in [-0.1, -0.05) is 18.2 Å². The summed E-state index contributed by atoms with van der Waals surface area (Å²) in [5.41, 5.74) is 1.58. The number of fused-ring (bicyclic) bond motifs is 3. The molecular weight excluding hydrogens is 285 g/mol. The van der Waals surface area contributed by atoms with Crippen LogP contribution in [0.3, 0.4) is 0 Å². The molecule has 0 bridgehead atoms. The molecule has 102 valence electrons. The lowest BCUT2D eigenvalue weighted by molar-refractivity contribution is 0.477. The third-order valence-corrected chi connectivity index (χ3v) is 4.60. The van der Waals surface area contributed by atoms with E-state index < -0.39 is 0 Å². The van der Waals surface area contributed by atoms with E-state index in [1.165, 1.54) is 23.5 Å². The Bertz CT molecular complexity index is 977. The van der Waals surface area contributed by atoms with Crippen molar-refractivity contribution in [1.29, 1.82) is 0 Å². The second kappa shape index (κ2) is 4.53. The van der Waals surface area contributed by atoms with Crippen molar-refractivity contribution in [3.63, 3.8) is 0 Å². The van der Waals surface area contributed by atoms with Gasteiger partial charge in [0.05, 0.1) is 15.8 Å². The van der Waals surface area contributed by atoms with Crippen LogP contribution < -0.4 is 0 Å². The van der Waals surface area contributed by atoms with Gasteiger partial charge >= 0.3 is 0 Å². The van der Waals surface area contributed by atoms with Crippen molar-refractivity contribution >= 4 is 32.3 Å². The molecule has 0 radical (unpaired) electrons. The SMILES string of the molecule is Oc1ccccc1-c1nc2ccc3cc(F)ccc3c2s1. The molecule has 0 unspecified atom stereocenters. The first-order valence-corrected chi connectivity index (χ1v) is 7.31. The summed E-state index contributed by atoms with van der Waals surface area (Å²) in [6.07, 6.45) is 0. The van der Waals surface area contributed by atoms with Crippen molar-refractivity contribution in [2.45, 2.75) is 0 Å². The molecule has 4 heteroatoms. The van der Waals surface area contributed by atoms with Gasteiger partial charge in [-0.3, -0.25) is 0 Å². The summed E-state index contributed by atoms with van der Waals surface area (Å²) in [5, 5.41) is 12.6. The van der Waals surface area contributed by atoms with Gasteiger partial charge in [-0.25, -0.2) is 9.37 Å². The van der Waals surface area contributed by atoms with Crippen LogP contribution in [0.2, 0.25) is 0 Å². The Kier molecular flexibility index (Phi) is 2.65. The van der Waals surface area contributed by atoms with Crippen LogP contribution in [-0.4, -0.2) is 10.1 Å².